The Hall–Kier alpha value is -2.81. The lowest BCUT2D eigenvalue weighted by molar-refractivity contribution is -0.437. The number of fused-ring (bicyclic) bond motifs is 2. The van der Waals surface area contributed by atoms with Crippen molar-refractivity contribution in [2.24, 2.45) is 34.0 Å². The maximum atomic E-state index is 14.2. The second-order valence-electron chi connectivity index (χ2n) is 14.7. The highest BCUT2D eigenvalue weighted by Gasteiger charge is 2.88. The molecule has 0 unspecified atom stereocenters. The number of ketones is 2. The second kappa shape index (κ2) is 12.4. The van der Waals surface area contributed by atoms with E-state index in [0.29, 0.717) is 25.0 Å². The minimum absolute atomic E-state index is 0.0357. The Balaban J connectivity index is 0.958. The average Bonchev–Trinajstić information content (AvgIpc) is 3.55. The summed E-state index contributed by atoms with van der Waals surface area (Å²) in [5.41, 5.74) is -2.28. The Morgan fingerprint density at radius 3 is 2.53 bits per heavy atom. The number of benzene rings is 1. The smallest absolute Gasteiger partial charge is 0.306 e. The van der Waals surface area contributed by atoms with Gasteiger partial charge in [-0.25, -0.2) is 0 Å². The molecule has 6 fully saturated rings. The number of hydrogen-bond donors (Lipinski definition) is 2. The highest BCUT2D eigenvalue weighted by molar-refractivity contribution is 7.80. The molecule has 0 radical (unpaired) electrons. The van der Waals surface area contributed by atoms with E-state index in [1.54, 1.807) is 20.7 Å². The lowest BCUT2D eigenvalue weighted by Crippen LogP contribution is -2.85. The molecule has 1 aromatic carbocycles. The second-order valence-corrected chi connectivity index (χ2v) is 17.6. The molecule has 8 rings (SSSR count). The van der Waals surface area contributed by atoms with Crippen LogP contribution in [0.3, 0.4) is 0 Å². The first-order chi connectivity index (χ1) is 23.3. The van der Waals surface area contributed by atoms with Crippen LogP contribution in [0.25, 0.3) is 10.4 Å². The van der Waals surface area contributed by atoms with Gasteiger partial charge in [0.1, 0.15) is 46.2 Å². The van der Waals surface area contributed by atoms with Gasteiger partial charge in [-0.2, -0.15) is 0 Å². The summed E-state index contributed by atoms with van der Waals surface area (Å²) in [6.07, 6.45) is -1.03. The predicted octanol–water partition coefficient (Wildman–Crippen LogP) is 5.45. The summed E-state index contributed by atoms with van der Waals surface area (Å²) in [5.74, 6) is -5.35. The molecule has 2 aromatic rings. The van der Waals surface area contributed by atoms with Crippen molar-refractivity contribution < 1.29 is 48.3 Å². The van der Waals surface area contributed by atoms with E-state index in [-0.39, 0.29) is 56.9 Å². The Labute approximate surface area is 296 Å². The van der Waals surface area contributed by atoms with Crippen LogP contribution in [0.1, 0.15) is 58.8 Å². The number of aliphatic hydroxyl groups is 2. The topological polar surface area (TPSA) is 146 Å². The Bertz CT molecular complexity index is 1760. The van der Waals surface area contributed by atoms with Gasteiger partial charge in [0.25, 0.3) is 0 Å². The summed E-state index contributed by atoms with van der Waals surface area (Å²) < 4.78 is 23.8. The van der Waals surface area contributed by atoms with Crippen LogP contribution in [-0.2, 0) is 33.4 Å². The molecule has 4 saturated carbocycles. The number of rotatable bonds is 10. The number of hydrogen-bond acceptors (Lipinski definition) is 13. The van der Waals surface area contributed by atoms with Gasteiger partial charge >= 0.3 is 11.9 Å². The molecule has 3 heterocycles. The zero-order valence-corrected chi connectivity index (χ0v) is 29.9. The molecular weight excluding hydrogens is 689 g/mol. The number of aliphatic hydroxyl groups excluding tert-OH is 1. The number of carbonyl (C=O) groups excluding carboxylic acids is 4. The van der Waals surface area contributed by atoms with Crippen LogP contribution in [0, 0.1) is 37.8 Å². The van der Waals surface area contributed by atoms with Crippen LogP contribution in [0.2, 0.25) is 0 Å². The lowest BCUT2D eigenvalue weighted by Gasteiger charge is -2.72. The summed E-state index contributed by atoms with van der Waals surface area (Å²) in [5, 5.41) is 24.1. The van der Waals surface area contributed by atoms with Crippen molar-refractivity contribution in [1.29, 1.82) is 0 Å². The Kier molecular flexibility index (Phi) is 8.80. The zero-order valence-electron chi connectivity index (χ0n) is 27.4. The van der Waals surface area contributed by atoms with E-state index in [4.69, 9.17) is 31.2 Å². The fourth-order valence-corrected chi connectivity index (χ4v) is 12.2. The highest BCUT2D eigenvalue weighted by atomic mass is 32.9. The van der Waals surface area contributed by atoms with Gasteiger partial charge in [0.15, 0.2) is 5.78 Å². The van der Waals surface area contributed by atoms with Crippen molar-refractivity contribution in [2.75, 3.05) is 19.8 Å². The van der Waals surface area contributed by atoms with Gasteiger partial charge in [-0.05, 0) is 78.5 Å². The van der Waals surface area contributed by atoms with E-state index in [1.807, 2.05) is 44.2 Å². The number of Topliss-reactive ketones (excluding diaryl/α,β-unsaturated/α-hetero) is 2. The molecule has 2 spiro atoms. The molecule has 49 heavy (non-hydrogen) atoms. The van der Waals surface area contributed by atoms with Crippen LogP contribution in [-0.4, -0.2) is 71.5 Å². The monoisotopic (exact) mass is 728 g/mol. The molecule has 13 heteroatoms. The lowest BCUT2D eigenvalue weighted by atomic mass is 9.36. The van der Waals surface area contributed by atoms with Crippen molar-refractivity contribution in [1.82, 2.24) is 0 Å². The van der Waals surface area contributed by atoms with Crippen molar-refractivity contribution in [3.05, 3.63) is 46.3 Å². The summed E-state index contributed by atoms with van der Waals surface area (Å²) >= 11 is 5.20. The van der Waals surface area contributed by atoms with E-state index in [2.05, 4.69) is 6.58 Å². The largest absolute Gasteiger partial charge is 0.490 e. The molecule has 2 saturated heterocycles. The third-order valence-corrected chi connectivity index (χ3v) is 14.8. The van der Waals surface area contributed by atoms with E-state index in [0.717, 1.165) is 14.3 Å². The van der Waals surface area contributed by atoms with Gasteiger partial charge < -0.3 is 29.2 Å². The quantitative estimate of drug-likeness (QED) is 0.106. The summed E-state index contributed by atoms with van der Waals surface area (Å²) in [6, 6.07) is 9.54. The third-order valence-electron chi connectivity index (χ3n) is 11.9. The molecule has 2 N–H and O–H groups in total. The van der Waals surface area contributed by atoms with Crippen molar-refractivity contribution in [3.8, 4) is 16.2 Å². The number of carbonyl (C=O) groups is 4. The standard InChI is InChI=1S/C36H40O10S3/c1-19-22-11-12-24-34-18-45-36(42,31(41)29(34)33(2,3)14-13-25(34)37)35(24,30(19)40)32(22)46-27(39)6-4-5-26(38)44-16-15-43-21-9-7-20(8-10-21)23-17-28(47)49-48-23/h7-10,17,22,24,29,31-32,41-42H,1,4-6,11-16,18H2,2-3H3/t22-,24-,29+,31-,32+,34+,35-,36-/m0/s1. The van der Waals surface area contributed by atoms with E-state index >= 15 is 0 Å². The fraction of sp³-hybridized carbons (Fsp3) is 0.583. The predicted molar refractivity (Wildman–Crippen MR) is 182 cm³/mol. The first-order valence-electron chi connectivity index (χ1n) is 16.8. The molecule has 0 amide bonds. The zero-order chi connectivity index (χ0) is 34.9. The fourth-order valence-electron chi connectivity index (χ4n) is 9.82. The van der Waals surface area contributed by atoms with Gasteiger partial charge in [-0.3, -0.25) is 19.2 Å². The Morgan fingerprint density at radius 2 is 1.82 bits per heavy atom. The van der Waals surface area contributed by atoms with Gasteiger partial charge in [0.2, 0.25) is 5.79 Å². The van der Waals surface area contributed by atoms with Crippen LogP contribution < -0.4 is 4.74 Å². The summed E-state index contributed by atoms with van der Waals surface area (Å²) in [7, 11) is 3.17. The minimum Gasteiger partial charge on any atom is -0.490 e. The summed E-state index contributed by atoms with van der Waals surface area (Å²) in [4.78, 5) is 54.8. The third kappa shape index (κ3) is 5.13. The number of esters is 2. The molecule has 4 aliphatic carbocycles. The van der Waals surface area contributed by atoms with Gasteiger partial charge in [0.05, 0.1) is 12.0 Å². The normalized spacial score (nSPS) is 35.4. The van der Waals surface area contributed by atoms with Crippen molar-refractivity contribution in [2.45, 2.75) is 76.8 Å². The maximum Gasteiger partial charge on any atom is 0.306 e. The van der Waals surface area contributed by atoms with Crippen LogP contribution >= 0.6 is 32.9 Å². The minimum atomic E-state index is -2.35. The molecule has 2 aliphatic heterocycles. The highest BCUT2D eigenvalue weighted by Crippen LogP contribution is 2.76. The molecule has 4 bridgehead atoms. The first kappa shape index (κ1) is 34.6. The van der Waals surface area contributed by atoms with Crippen LogP contribution in [0.4, 0.5) is 0 Å². The Morgan fingerprint density at radius 1 is 1.08 bits per heavy atom. The molecule has 10 nitrogen and oxygen atoms in total. The van der Waals surface area contributed by atoms with E-state index in [1.165, 1.54) is 0 Å². The van der Waals surface area contributed by atoms with Crippen LogP contribution in [0.15, 0.2) is 42.5 Å². The SMILES string of the molecule is C=C1C(=O)[C@]23[C@H](OC(=O)CCCC(=O)OCCOc4ccc(-c5cc(=S)ss5)cc4)[C@H]1CC[C@H]2[C@@]12CO[C@@]3(O)[C@@H](O)[C@@H]1C(C)(C)CCC2=O. The molecule has 1 aromatic heterocycles. The number of ether oxygens (including phenoxy) is 4. The molecule has 8 atom stereocenters. The molecule has 6 aliphatic rings. The van der Waals surface area contributed by atoms with Crippen molar-refractivity contribution in [3.63, 3.8) is 0 Å². The van der Waals surface area contributed by atoms with Gasteiger partial charge in [0, 0.05) is 36.0 Å². The average molecular weight is 729 g/mol. The summed E-state index contributed by atoms with van der Waals surface area (Å²) in [6.45, 7) is 8.07. The van der Waals surface area contributed by atoms with E-state index < -0.39 is 69.7 Å². The molecular formula is C36H40O10S3. The van der Waals surface area contributed by atoms with Gasteiger partial charge in [-0.1, -0.05) is 53.3 Å². The van der Waals surface area contributed by atoms with Crippen LogP contribution in [0.5, 0.6) is 5.75 Å². The first-order valence-corrected chi connectivity index (χ1v) is 19.3. The van der Waals surface area contributed by atoms with Crippen molar-refractivity contribution >= 4 is 56.4 Å². The van der Waals surface area contributed by atoms with Gasteiger partial charge in [-0.15, -0.1) is 0 Å². The molecule has 262 valence electrons. The maximum absolute atomic E-state index is 14.2. The van der Waals surface area contributed by atoms with E-state index in [9.17, 15) is 29.4 Å².